The van der Waals surface area contributed by atoms with Crippen LogP contribution in [0.4, 0.5) is 0 Å². The number of benzene rings is 1. The fourth-order valence-corrected chi connectivity index (χ4v) is 1.99. The molecule has 0 amide bonds. The summed E-state index contributed by atoms with van der Waals surface area (Å²) in [7, 11) is 0. The van der Waals surface area contributed by atoms with E-state index in [9.17, 15) is 9.90 Å². The van der Waals surface area contributed by atoms with Crippen LogP contribution >= 0.6 is 23.2 Å². The zero-order chi connectivity index (χ0) is 14.3. The van der Waals surface area contributed by atoms with E-state index in [1.54, 1.807) is 0 Å². The highest BCUT2D eigenvalue weighted by molar-refractivity contribution is 6.35. The number of rotatable bonds is 7. The first kappa shape index (κ1) is 16.1. The van der Waals surface area contributed by atoms with Crippen molar-refractivity contribution in [2.75, 3.05) is 13.2 Å². The predicted molar refractivity (Wildman–Crippen MR) is 73.7 cm³/mol. The van der Waals surface area contributed by atoms with Crippen LogP contribution in [0.1, 0.15) is 25.3 Å². The van der Waals surface area contributed by atoms with Crippen molar-refractivity contribution in [2.45, 2.75) is 26.4 Å². The molecule has 1 aromatic carbocycles. The number of hydrogen-bond acceptors (Lipinski definition) is 4. The van der Waals surface area contributed by atoms with Gasteiger partial charge in [0.15, 0.2) is 6.61 Å². The summed E-state index contributed by atoms with van der Waals surface area (Å²) >= 11 is 11.8. The number of unbranched alkanes of at least 4 members (excludes halogenated alkanes) is 1. The Kier molecular flexibility index (Phi) is 6.99. The normalized spacial score (nSPS) is 10.3. The number of halogens is 2. The monoisotopic (exact) mass is 306 g/mol. The lowest BCUT2D eigenvalue weighted by molar-refractivity contribution is -0.146. The molecule has 0 atom stereocenters. The second-order valence-electron chi connectivity index (χ2n) is 3.90. The molecule has 106 valence electrons. The van der Waals surface area contributed by atoms with Crippen LogP contribution in [-0.2, 0) is 16.1 Å². The number of carbonyl (C=O) groups excluding carboxylic acids is 1. The third-order valence-electron chi connectivity index (χ3n) is 2.35. The number of aliphatic hydroxyl groups excluding tert-OH is 1. The number of aliphatic hydroxyl groups is 1. The first-order chi connectivity index (χ1) is 9.08. The summed E-state index contributed by atoms with van der Waals surface area (Å²) in [4.78, 5) is 11.4. The summed E-state index contributed by atoms with van der Waals surface area (Å²) in [6, 6.07) is 3.02. The van der Waals surface area contributed by atoms with E-state index in [4.69, 9.17) is 32.7 Å². The van der Waals surface area contributed by atoms with E-state index in [0.29, 0.717) is 17.2 Å². The van der Waals surface area contributed by atoms with E-state index in [1.807, 2.05) is 6.92 Å². The molecule has 0 bridgehead atoms. The fourth-order valence-electron chi connectivity index (χ4n) is 1.40. The van der Waals surface area contributed by atoms with Crippen molar-refractivity contribution >= 4 is 29.2 Å². The van der Waals surface area contributed by atoms with Gasteiger partial charge in [-0.05, 0) is 18.6 Å². The van der Waals surface area contributed by atoms with Crippen LogP contribution in [0, 0.1) is 0 Å². The summed E-state index contributed by atoms with van der Waals surface area (Å²) in [5, 5.41) is 9.84. The maximum absolute atomic E-state index is 11.4. The van der Waals surface area contributed by atoms with Crippen LogP contribution in [0.3, 0.4) is 0 Å². The van der Waals surface area contributed by atoms with E-state index in [1.165, 1.54) is 12.1 Å². The molecule has 6 heteroatoms. The Morgan fingerprint density at radius 1 is 1.37 bits per heavy atom. The van der Waals surface area contributed by atoms with Crippen molar-refractivity contribution in [3.8, 4) is 5.75 Å². The molecule has 19 heavy (non-hydrogen) atoms. The van der Waals surface area contributed by atoms with Crippen LogP contribution in [0.15, 0.2) is 12.1 Å². The lowest BCUT2D eigenvalue weighted by atomic mass is 10.2. The van der Waals surface area contributed by atoms with Crippen LogP contribution in [-0.4, -0.2) is 24.3 Å². The zero-order valence-electron chi connectivity index (χ0n) is 10.6. The number of esters is 1. The maximum Gasteiger partial charge on any atom is 0.344 e. The van der Waals surface area contributed by atoms with Gasteiger partial charge in [-0.25, -0.2) is 4.79 Å². The molecule has 0 unspecified atom stereocenters. The molecular formula is C13H16Cl2O4. The molecular weight excluding hydrogens is 291 g/mol. The third kappa shape index (κ3) is 5.27. The number of carbonyl (C=O) groups is 1. The van der Waals surface area contributed by atoms with Crippen LogP contribution in [0.5, 0.6) is 5.75 Å². The maximum atomic E-state index is 11.4. The van der Waals surface area contributed by atoms with Crippen molar-refractivity contribution in [1.29, 1.82) is 0 Å². The fraction of sp³-hybridized carbons (Fsp3) is 0.462. The van der Waals surface area contributed by atoms with Gasteiger partial charge < -0.3 is 14.6 Å². The molecule has 0 aliphatic rings. The smallest absolute Gasteiger partial charge is 0.344 e. The zero-order valence-corrected chi connectivity index (χ0v) is 12.1. The largest absolute Gasteiger partial charge is 0.480 e. The Morgan fingerprint density at radius 3 is 2.74 bits per heavy atom. The van der Waals surface area contributed by atoms with Crippen LogP contribution < -0.4 is 4.74 Å². The van der Waals surface area contributed by atoms with E-state index < -0.39 is 5.97 Å². The standard InChI is InChI=1S/C13H16Cl2O4/c1-2-3-4-18-12(17)8-19-13-9(7-16)5-10(14)6-11(13)15/h5-6,16H,2-4,7-8H2,1H3. The van der Waals surface area contributed by atoms with Crippen LogP contribution in [0.2, 0.25) is 10.0 Å². The van der Waals surface area contributed by atoms with Crippen molar-refractivity contribution in [1.82, 2.24) is 0 Å². The van der Waals surface area contributed by atoms with Gasteiger partial charge in [0.1, 0.15) is 5.75 Å². The van der Waals surface area contributed by atoms with Gasteiger partial charge in [-0.15, -0.1) is 0 Å². The summed E-state index contributed by atoms with van der Waals surface area (Å²) in [5.41, 5.74) is 0.429. The Morgan fingerprint density at radius 2 is 2.11 bits per heavy atom. The molecule has 0 fully saturated rings. The Hall–Kier alpha value is -0.970. The minimum atomic E-state index is -0.469. The molecule has 1 aromatic rings. The third-order valence-corrected chi connectivity index (χ3v) is 2.85. The van der Waals surface area contributed by atoms with E-state index >= 15 is 0 Å². The molecule has 0 aliphatic heterocycles. The Labute approximate surface area is 122 Å². The first-order valence-corrected chi connectivity index (χ1v) is 6.71. The van der Waals surface area contributed by atoms with Crippen molar-refractivity contribution < 1.29 is 19.4 Å². The number of hydrogen-bond donors (Lipinski definition) is 1. The Balaban J connectivity index is 2.60. The van der Waals surface area contributed by atoms with E-state index in [2.05, 4.69) is 0 Å². The molecule has 1 rings (SSSR count). The van der Waals surface area contributed by atoms with Crippen molar-refractivity contribution in [2.24, 2.45) is 0 Å². The molecule has 0 aromatic heterocycles. The Bertz CT molecular complexity index is 435. The molecule has 0 heterocycles. The van der Waals surface area contributed by atoms with Crippen molar-refractivity contribution in [3.63, 3.8) is 0 Å². The molecule has 4 nitrogen and oxygen atoms in total. The molecule has 0 saturated heterocycles. The summed E-state index contributed by atoms with van der Waals surface area (Å²) in [5.74, 6) is -0.218. The van der Waals surface area contributed by atoms with Gasteiger partial charge in [0.05, 0.1) is 18.2 Å². The van der Waals surface area contributed by atoms with Gasteiger partial charge in [-0.1, -0.05) is 36.5 Å². The van der Waals surface area contributed by atoms with Gasteiger partial charge in [-0.3, -0.25) is 0 Å². The minimum Gasteiger partial charge on any atom is -0.480 e. The van der Waals surface area contributed by atoms with Gasteiger partial charge in [0, 0.05) is 10.6 Å². The highest BCUT2D eigenvalue weighted by Gasteiger charge is 2.12. The molecule has 0 aliphatic carbocycles. The second-order valence-corrected chi connectivity index (χ2v) is 4.74. The van der Waals surface area contributed by atoms with Crippen LogP contribution in [0.25, 0.3) is 0 Å². The molecule has 0 saturated carbocycles. The second kappa shape index (κ2) is 8.25. The number of ether oxygens (including phenoxy) is 2. The topological polar surface area (TPSA) is 55.8 Å². The van der Waals surface area contributed by atoms with Gasteiger partial charge >= 0.3 is 5.97 Å². The average Bonchev–Trinajstić information content (AvgIpc) is 2.37. The van der Waals surface area contributed by atoms with E-state index in [-0.39, 0.29) is 24.0 Å². The lowest BCUT2D eigenvalue weighted by Crippen LogP contribution is -2.16. The first-order valence-electron chi connectivity index (χ1n) is 5.95. The van der Waals surface area contributed by atoms with Gasteiger partial charge in [0.2, 0.25) is 0 Å². The molecule has 0 radical (unpaired) electrons. The summed E-state index contributed by atoms with van der Waals surface area (Å²) in [6.45, 7) is 1.85. The highest BCUT2D eigenvalue weighted by Crippen LogP contribution is 2.32. The van der Waals surface area contributed by atoms with Crippen molar-refractivity contribution in [3.05, 3.63) is 27.7 Å². The van der Waals surface area contributed by atoms with E-state index in [0.717, 1.165) is 12.8 Å². The minimum absolute atomic E-state index is 0.248. The van der Waals surface area contributed by atoms with Gasteiger partial charge in [-0.2, -0.15) is 0 Å². The molecule has 1 N–H and O–H groups in total. The average molecular weight is 307 g/mol. The quantitative estimate of drug-likeness (QED) is 0.621. The predicted octanol–water partition coefficient (Wildman–Crippen LogP) is 3.21. The summed E-state index contributed by atoms with van der Waals surface area (Å²) in [6.07, 6.45) is 1.77. The molecule has 0 spiro atoms. The SMILES string of the molecule is CCCCOC(=O)COc1c(Cl)cc(Cl)cc1CO. The summed E-state index contributed by atoms with van der Waals surface area (Å²) < 4.78 is 10.2. The lowest BCUT2D eigenvalue weighted by Gasteiger charge is -2.12. The van der Waals surface area contributed by atoms with Gasteiger partial charge in [0.25, 0.3) is 0 Å². The highest BCUT2D eigenvalue weighted by atomic mass is 35.5.